The molecule has 30 heavy (non-hydrogen) atoms. The molecule has 0 spiro atoms. The monoisotopic (exact) mass is 404 g/mol. The molecule has 0 bridgehead atoms. The minimum Gasteiger partial charge on any atom is -0.399 e. The SMILES string of the molecule is CC(C)C=O.Nc1cccc(C2CCN(Cc3ccc(-n4ccnc4)cc3)CC2)c1. The lowest BCUT2D eigenvalue weighted by Crippen LogP contribution is -2.32. The van der Waals surface area contributed by atoms with Gasteiger partial charge in [0.25, 0.3) is 0 Å². The van der Waals surface area contributed by atoms with Crippen LogP contribution < -0.4 is 5.73 Å². The van der Waals surface area contributed by atoms with Crippen molar-refractivity contribution < 1.29 is 4.79 Å². The van der Waals surface area contributed by atoms with Crippen molar-refractivity contribution >= 4 is 12.0 Å². The van der Waals surface area contributed by atoms with E-state index >= 15 is 0 Å². The summed E-state index contributed by atoms with van der Waals surface area (Å²) in [6.07, 6.45) is 8.93. The van der Waals surface area contributed by atoms with Gasteiger partial charge in [0.15, 0.2) is 0 Å². The van der Waals surface area contributed by atoms with Gasteiger partial charge in [0.2, 0.25) is 0 Å². The van der Waals surface area contributed by atoms with Crippen LogP contribution in [-0.2, 0) is 11.3 Å². The highest BCUT2D eigenvalue weighted by atomic mass is 16.1. The Bertz CT molecular complexity index is 895. The first-order chi connectivity index (χ1) is 14.5. The van der Waals surface area contributed by atoms with E-state index in [1.165, 1.54) is 24.0 Å². The number of imidazole rings is 1. The summed E-state index contributed by atoms with van der Waals surface area (Å²) in [5, 5.41) is 0. The molecule has 2 N–H and O–H groups in total. The molecule has 3 aromatic rings. The molecule has 0 atom stereocenters. The van der Waals surface area contributed by atoms with Crippen LogP contribution in [0.1, 0.15) is 43.7 Å². The van der Waals surface area contributed by atoms with Crippen LogP contribution in [0.15, 0.2) is 67.3 Å². The molecule has 5 heteroatoms. The summed E-state index contributed by atoms with van der Waals surface area (Å²) in [5.74, 6) is 0.846. The number of nitrogens with zero attached hydrogens (tertiary/aromatic N) is 3. The Kier molecular flexibility index (Phi) is 7.80. The van der Waals surface area contributed by atoms with E-state index in [1.54, 1.807) is 6.20 Å². The van der Waals surface area contributed by atoms with Crippen LogP contribution in [0.25, 0.3) is 5.69 Å². The second-order valence-corrected chi connectivity index (χ2v) is 8.24. The molecule has 2 heterocycles. The number of aromatic nitrogens is 2. The maximum absolute atomic E-state index is 9.50. The van der Waals surface area contributed by atoms with Crippen molar-refractivity contribution in [2.75, 3.05) is 18.8 Å². The van der Waals surface area contributed by atoms with E-state index in [-0.39, 0.29) is 5.92 Å². The molecule has 1 aromatic heterocycles. The zero-order valence-corrected chi connectivity index (χ0v) is 17.9. The van der Waals surface area contributed by atoms with Crippen molar-refractivity contribution in [3.8, 4) is 5.69 Å². The molecular formula is C25H32N4O. The third-order valence-corrected chi connectivity index (χ3v) is 5.39. The highest BCUT2D eigenvalue weighted by molar-refractivity contribution is 5.51. The molecule has 4 rings (SSSR count). The summed E-state index contributed by atoms with van der Waals surface area (Å²) in [6.45, 7) is 7.01. The quantitative estimate of drug-likeness (QED) is 0.495. The normalized spacial score (nSPS) is 14.9. The van der Waals surface area contributed by atoms with Gasteiger partial charge >= 0.3 is 0 Å². The zero-order valence-electron chi connectivity index (χ0n) is 17.9. The summed E-state index contributed by atoms with van der Waals surface area (Å²) in [6, 6.07) is 17.2. The van der Waals surface area contributed by atoms with E-state index in [2.05, 4.69) is 52.3 Å². The maximum Gasteiger partial charge on any atom is 0.122 e. The van der Waals surface area contributed by atoms with Crippen molar-refractivity contribution in [1.82, 2.24) is 14.5 Å². The Morgan fingerprint density at radius 1 is 1.13 bits per heavy atom. The topological polar surface area (TPSA) is 64.2 Å². The molecule has 0 radical (unpaired) electrons. The third kappa shape index (κ3) is 6.29. The second-order valence-electron chi connectivity index (χ2n) is 8.24. The lowest BCUT2D eigenvalue weighted by atomic mass is 9.89. The van der Waals surface area contributed by atoms with Crippen molar-refractivity contribution in [2.24, 2.45) is 5.92 Å². The molecule has 1 aliphatic rings. The molecule has 0 aliphatic carbocycles. The third-order valence-electron chi connectivity index (χ3n) is 5.39. The van der Waals surface area contributed by atoms with Gasteiger partial charge < -0.3 is 15.1 Å². The fourth-order valence-corrected chi connectivity index (χ4v) is 3.68. The van der Waals surface area contributed by atoms with E-state index in [1.807, 2.05) is 37.0 Å². The lowest BCUT2D eigenvalue weighted by molar-refractivity contribution is -0.110. The zero-order chi connectivity index (χ0) is 21.3. The van der Waals surface area contributed by atoms with E-state index in [9.17, 15) is 4.79 Å². The lowest BCUT2D eigenvalue weighted by Gasteiger charge is -2.32. The van der Waals surface area contributed by atoms with Gasteiger partial charge in [-0.2, -0.15) is 0 Å². The standard InChI is InChI=1S/C21H24N4.C4H8O/c22-20-3-1-2-19(14-20)18-8-11-24(12-9-18)15-17-4-6-21(7-5-17)25-13-10-23-16-25;1-4(2)3-5/h1-7,10,13-14,16,18H,8-9,11-12,15,22H2;3-4H,1-2H3. The van der Waals surface area contributed by atoms with Gasteiger partial charge in [0.1, 0.15) is 6.29 Å². The van der Waals surface area contributed by atoms with E-state index in [4.69, 9.17) is 5.73 Å². The number of carbonyl (C=O) groups excluding carboxylic acids is 1. The minimum atomic E-state index is 0.204. The fourth-order valence-electron chi connectivity index (χ4n) is 3.68. The number of carbonyl (C=O) groups is 1. The summed E-state index contributed by atoms with van der Waals surface area (Å²) in [5.41, 5.74) is 10.7. The van der Waals surface area contributed by atoms with Gasteiger partial charge in [0, 0.05) is 36.2 Å². The van der Waals surface area contributed by atoms with E-state index in [0.29, 0.717) is 5.92 Å². The number of anilines is 1. The van der Waals surface area contributed by atoms with Gasteiger partial charge in [-0.3, -0.25) is 4.90 Å². The molecule has 0 amide bonds. The maximum atomic E-state index is 9.50. The molecule has 1 saturated heterocycles. The van der Waals surface area contributed by atoms with Crippen molar-refractivity contribution in [3.05, 3.63) is 78.4 Å². The number of nitrogens with two attached hydrogens (primary N) is 1. The van der Waals surface area contributed by atoms with Gasteiger partial charge in [-0.05, 0) is 67.2 Å². The predicted molar refractivity (Wildman–Crippen MR) is 123 cm³/mol. The van der Waals surface area contributed by atoms with Crippen LogP contribution in [0, 0.1) is 5.92 Å². The largest absolute Gasteiger partial charge is 0.399 e. The molecule has 0 saturated carbocycles. The van der Waals surface area contributed by atoms with Gasteiger partial charge in [-0.25, -0.2) is 4.98 Å². The molecular weight excluding hydrogens is 372 g/mol. The Labute approximate surface area is 179 Å². The number of benzene rings is 2. The Balaban J connectivity index is 0.000000461. The Hall–Kier alpha value is -2.92. The number of piperidine rings is 1. The molecule has 5 nitrogen and oxygen atoms in total. The van der Waals surface area contributed by atoms with Crippen molar-refractivity contribution in [2.45, 2.75) is 39.2 Å². The van der Waals surface area contributed by atoms with Crippen molar-refractivity contribution in [1.29, 1.82) is 0 Å². The number of hydrogen-bond donors (Lipinski definition) is 1. The van der Waals surface area contributed by atoms with Crippen LogP contribution in [0.5, 0.6) is 0 Å². The van der Waals surface area contributed by atoms with E-state index in [0.717, 1.165) is 37.3 Å². The minimum absolute atomic E-state index is 0.204. The number of aldehydes is 1. The van der Waals surface area contributed by atoms with Gasteiger partial charge in [0.05, 0.1) is 6.33 Å². The Morgan fingerprint density at radius 2 is 1.83 bits per heavy atom. The number of rotatable bonds is 5. The molecule has 158 valence electrons. The highest BCUT2D eigenvalue weighted by Gasteiger charge is 2.20. The summed E-state index contributed by atoms with van der Waals surface area (Å²) < 4.78 is 2.03. The first-order valence-corrected chi connectivity index (χ1v) is 10.7. The van der Waals surface area contributed by atoms with Crippen LogP contribution in [0.3, 0.4) is 0 Å². The molecule has 1 fully saturated rings. The van der Waals surface area contributed by atoms with Gasteiger partial charge in [-0.1, -0.05) is 38.1 Å². The second kappa shape index (κ2) is 10.7. The predicted octanol–water partition coefficient (Wildman–Crippen LogP) is 4.68. The highest BCUT2D eigenvalue weighted by Crippen LogP contribution is 2.29. The number of nitrogen functional groups attached to an aromatic ring is 1. The fraction of sp³-hybridized carbons (Fsp3) is 0.360. The molecule has 1 aliphatic heterocycles. The summed E-state index contributed by atoms with van der Waals surface area (Å²) in [4.78, 5) is 16.2. The first kappa shape index (κ1) is 21.8. The smallest absolute Gasteiger partial charge is 0.122 e. The van der Waals surface area contributed by atoms with Crippen LogP contribution in [0.2, 0.25) is 0 Å². The number of likely N-dealkylation sites (tertiary alicyclic amines) is 1. The molecule has 2 aromatic carbocycles. The van der Waals surface area contributed by atoms with Crippen LogP contribution in [-0.4, -0.2) is 33.8 Å². The van der Waals surface area contributed by atoms with Crippen LogP contribution in [0.4, 0.5) is 5.69 Å². The van der Waals surface area contributed by atoms with Gasteiger partial charge in [-0.15, -0.1) is 0 Å². The van der Waals surface area contributed by atoms with Crippen LogP contribution >= 0.6 is 0 Å². The number of hydrogen-bond acceptors (Lipinski definition) is 4. The average molecular weight is 405 g/mol. The summed E-state index contributed by atoms with van der Waals surface area (Å²) in [7, 11) is 0. The molecule has 0 unspecified atom stereocenters. The average Bonchev–Trinajstić information content (AvgIpc) is 3.30. The van der Waals surface area contributed by atoms with Crippen molar-refractivity contribution in [3.63, 3.8) is 0 Å². The van der Waals surface area contributed by atoms with E-state index < -0.39 is 0 Å². The summed E-state index contributed by atoms with van der Waals surface area (Å²) >= 11 is 0. The first-order valence-electron chi connectivity index (χ1n) is 10.7. The Morgan fingerprint density at radius 3 is 2.40 bits per heavy atom.